The molecule has 2 saturated heterocycles. The number of aromatic amines is 1. The van der Waals surface area contributed by atoms with Crippen LogP contribution >= 0.6 is 11.6 Å². The zero-order chi connectivity index (χ0) is 17.4. The molecule has 0 radical (unpaired) electrons. The molecular weight excluding hydrogens is 342 g/mol. The summed E-state index contributed by atoms with van der Waals surface area (Å²) >= 11 is 5.98. The first-order chi connectivity index (χ1) is 12.1. The van der Waals surface area contributed by atoms with E-state index in [4.69, 9.17) is 11.6 Å². The first-order valence-corrected chi connectivity index (χ1v) is 8.89. The summed E-state index contributed by atoms with van der Waals surface area (Å²) in [4.78, 5) is 34.2. The maximum absolute atomic E-state index is 12.6. The molecule has 3 heterocycles. The van der Waals surface area contributed by atoms with Gasteiger partial charge in [0.15, 0.2) is 0 Å². The standard InChI is InChI=1S/C17H20ClN5O2/c18-11-1-2-12-13(9-11)22-14(21-12)10-15(24)23-7-3-17(4-8-23)16(25)19-5-6-20-17/h1-2,9,20H,3-8,10H2,(H,19,25)(H,21,22). The third-order valence-electron chi connectivity index (χ3n) is 5.09. The number of carbonyl (C=O) groups is 2. The van der Waals surface area contributed by atoms with Crippen LogP contribution in [-0.4, -0.2) is 58.4 Å². The molecular formula is C17H20ClN5O2. The molecule has 0 atom stereocenters. The Morgan fingerprint density at radius 3 is 2.84 bits per heavy atom. The fraction of sp³-hybridized carbons (Fsp3) is 0.471. The van der Waals surface area contributed by atoms with Gasteiger partial charge in [-0.15, -0.1) is 0 Å². The summed E-state index contributed by atoms with van der Waals surface area (Å²) in [6.45, 7) is 2.59. The Morgan fingerprint density at radius 2 is 2.08 bits per heavy atom. The number of imidazole rings is 1. The van der Waals surface area contributed by atoms with E-state index in [0.717, 1.165) is 17.6 Å². The summed E-state index contributed by atoms with van der Waals surface area (Å²) < 4.78 is 0. The van der Waals surface area contributed by atoms with Gasteiger partial charge in [0.25, 0.3) is 0 Å². The number of piperidine rings is 1. The fourth-order valence-corrected chi connectivity index (χ4v) is 3.81. The molecule has 0 saturated carbocycles. The molecule has 132 valence electrons. The number of rotatable bonds is 2. The molecule has 1 spiro atoms. The Bertz CT molecular complexity index is 826. The van der Waals surface area contributed by atoms with Crippen LogP contribution in [-0.2, 0) is 16.0 Å². The molecule has 3 N–H and O–H groups in total. The first-order valence-electron chi connectivity index (χ1n) is 8.51. The molecule has 1 aromatic carbocycles. The van der Waals surface area contributed by atoms with Gasteiger partial charge in [0.2, 0.25) is 11.8 Å². The molecule has 1 aromatic heterocycles. The molecule has 2 aliphatic rings. The smallest absolute Gasteiger partial charge is 0.240 e. The number of aromatic nitrogens is 2. The molecule has 4 rings (SSSR count). The number of benzene rings is 1. The van der Waals surface area contributed by atoms with Crippen molar-refractivity contribution in [1.29, 1.82) is 0 Å². The van der Waals surface area contributed by atoms with Crippen LogP contribution in [0.1, 0.15) is 18.7 Å². The number of nitrogens with one attached hydrogen (secondary N) is 3. The average molecular weight is 362 g/mol. The molecule has 8 heteroatoms. The average Bonchev–Trinajstić information content (AvgIpc) is 2.99. The van der Waals surface area contributed by atoms with Crippen LogP contribution < -0.4 is 10.6 Å². The van der Waals surface area contributed by atoms with Gasteiger partial charge >= 0.3 is 0 Å². The Kier molecular flexibility index (Phi) is 4.13. The quantitative estimate of drug-likeness (QED) is 0.739. The van der Waals surface area contributed by atoms with Crippen LogP contribution in [0.2, 0.25) is 5.02 Å². The first kappa shape index (κ1) is 16.4. The summed E-state index contributed by atoms with van der Waals surface area (Å²) in [7, 11) is 0. The van der Waals surface area contributed by atoms with E-state index in [2.05, 4.69) is 20.6 Å². The SMILES string of the molecule is O=C(Cc1nc2ccc(Cl)cc2[nH]1)N1CCC2(CC1)NCCNC2=O. The van der Waals surface area contributed by atoms with Crippen molar-refractivity contribution in [2.24, 2.45) is 0 Å². The lowest BCUT2D eigenvalue weighted by Crippen LogP contribution is -2.67. The predicted molar refractivity (Wildman–Crippen MR) is 94.4 cm³/mol. The number of piperazine rings is 1. The topological polar surface area (TPSA) is 90.1 Å². The van der Waals surface area contributed by atoms with E-state index in [9.17, 15) is 9.59 Å². The fourth-order valence-electron chi connectivity index (χ4n) is 3.64. The highest BCUT2D eigenvalue weighted by molar-refractivity contribution is 6.31. The van der Waals surface area contributed by atoms with E-state index < -0.39 is 5.54 Å². The van der Waals surface area contributed by atoms with Crippen molar-refractivity contribution in [3.63, 3.8) is 0 Å². The van der Waals surface area contributed by atoms with E-state index >= 15 is 0 Å². The van der Waals surface area contributed by atoms with Crippen LogP contribution in [0.4, 0.5) is 0 Å². The van der Waals surface area contributed by atoms with Crippen molar-refractivity contribution in [2.45, 2.75) is 24.8 Å². The summed E-state index contributed by atoms with van der Waals surface area (Å²) in [5.74, 6) is 0.715. The monoisotopic (exact) mass is 361 g/mol. The molecule has 2 amide bonds. The minimum atomic E-state index is -0.509. The summed E-state index contributed by atoms with van der Waals surface area (Å²) in [5.41, 5.74) is 1.12. The molecule has 0 aliphatic carbocycles. The number of amides is 2. The number of likely N-dealkylation sites (tertiary alicyclic amines) is 1. The van der Waals surface area contributed by atoms with Crippen LogP contribution in [0.5, 0.6) is 0 Å². The second kappa shape index (κ2) is 6.31. The Morgan fingerprint density at radius 1 is 1.28 bits per heavy atom. The molecule has 25 heavy (non-hydrogen) atoms. The van der Waals surface area contributed by atoms with Crippen molar-refractivity contribution in [2.75, 3.05) is 26.2 Å². The van der Waals surface area contributed by atoms with Gasteiger partial charge < -0.3 is 20.5 Å². The van der Waals surface area contributed by atoms with Gasteiger partial charge in [-0.2, -0.15) is 0 Å². The van der Waals surface area contributed by atoms with E-state index in [1.807, 2.05) is 11.0 Å². The summed E-state index contributed by atoms with van der Waals surface area (Å²) in [6, 6.07) is 5.42. The maximum atomic E-state index is 12.6. The normalized spacial score (nSPS) is 20.0. The Labute approximate surface area is 150 Å². The van der Waals surface area contributed by atoms with Gasteiger partial charge in [0, 0.05) is 31.2 Å². The summed E-state index contributed by atoms with van der Waals surface area (Å²) in [5, 5.41) is 6.88. The van der Waals surface area contributed by atoms with Crippen LogP contribution in [0.25, 0.3) is 11.0 Å². The molecule has 0 bridgehead atoms. The second-order valence-electron chi connectivity index (χ2n) is 6.67. The zero-order valence-electron chi connectivity index (χ0n) is 13.8. The van der Waals surface area contributed by atoms with E-state index in [-0.39, 0.29) is 18.2 Å². The van der Waals surface area contributed by atoms with Gasteiger partial charge in [-0.25, -0.2) is 4.98 Å². The van der Waals surface area contributed by atoms with Gasteiger partial charge in [-0.1, -0.05) is 11.6 Å². The highest BCUT2D eigenvalue weighted by Gasteiger charge is 2.43. The van der Waals surface area contributed by atoms with Crippen molar-refractivity contribution in [3.05, 3.63) is 29.0 Å². The van der Waals surface area contributed by atoms with Gasteiger partial charge in [-0.3, -0.25) is 9.59 Å². The van der Waals surface area contributed by atoms with Crippen molar-refractivity contribution in [1.82, 2.24) is 25.5 Å². The molecule has 7 nitrogen and oxygen atoms in total. The minimum absolute atomic E-state index is 0.0243. The van der Waals surface area contributed by atoms with E-state index in [1.54, 1.807) is 12.1 Å². The molecule has 2 fully saturated rings. The largest absolute Gasteiger partial charge is 0.353 e. The lowest BCUT2D eigenvalue weighted by molar-refractivity contribution is -0.138. The van der Waals surface area contributed by atoms with Crippen molar-refractivity contribution in [3.8, 4) is 0 Å². The van der Waals surface area contributed by atoms with Gasteiger partial charge in [0.05, 0.1) is 17.5 Å². The molecule has 0 unspecified atom stereocenters. The van der Waals surface area contributed by atoms with Crippen molar-refractivity contribution < 1.29 is 9.59 Å². The number of halogens is 1. The molecule has 2 aliphatic heterocycles. The number of H-pyrrole nitrogens is 1. The number of hydrogen-bond acceptors (Lipinski definition) is 4. The second-order valence-corrected chi connectivity index (χ2v) is 7.10. The highest BCUT2D eigenvalue weighted by Crippen LogP contribution is 2.24. The van der Waals surface area contributed by atoms with Crippen LogP contribution in [0.3, 0.4) is 0 Å². The van der Waals surface area contributed by atoms with Gasteiger partial charge in [0.1, 0.15) is 11.4 Å². The Balaban J connectivity index is 1.41. The lowest BCUT2D eigenvalue weighted by atomic mass is 9.85. The van der Waals surface area contributed by atoms with Crippen LogP contribution in [0, 0.1) is 0 Å². The number of fused-ring (bicyclic) bond motifs is 1. The van der Waals surface area contributed by atoms with Gasteiger partial charge in [-0.05, 0) is 31.0 Å². The lowest BCUT2D eigenvalue weighted by Gasteiger charge is -2.43. The third-order valence-corrected chi connectivity index (χ3v) is 5.33. The van der Waals surface area contributed by atoms with E-state index in [0.29, 0.717) is 43.3 Å². The third kappa shape index (κ3) is 3.09. The minimum Gasteiger partial charge on any atom is -0.353 e. The number of carbonyl (C=O) groups excluding carboxylic acids is 2. The number of nitrogens with zero attached hydrogens (tertiary/aromatic N) is 2. The molecule has 2 aromatic rings. The predicted octanol–water partition coefficient (Wildman–Crippen LogP) is 0.839. The highest BCUT2D eigenvalue weighted by atomic mass is 35.5. The Hall–Kier alpha value is -2.12. The van der Waals surface area contributed by atoms with E-state index in [1.165, 1.54) is 0 Å². The van der Waals surface area contributed by atoms with Crippen LogP contribution in [0.15, 0.2) is 18.2 Å². The summed E-state index contributed by atoms with van der Waals surface area (Å²) in [6.07, 6.45) is 1.50. The maximum Gasteiger partial charge on any atom is 0.240 e. The number of hydrogen-bond donors (Lipinski definition) is 3. The van der Waals surface area contributed by atoms with Crippen molar-refractivity contribution >= 4 is 34.4 Å². The zero-order valence-corrected chi connectivity index (χ0v) is 14.5.